The molecule has 1 aliphatic rings. The molecule has 0 spiro atoms. The zero-order valence-electron chi connectivity index (χ0n) is 14.7. The molecule has 1 atom stereocenters. The number of benzene rings is 1. The molecule has 1 N–H and O–H groups in total. The summed E-state index contributed by atoms with van der Waals surface area (Å²) in [7, 11) is 1.52. The van der Waals surface area contributed by atoms with E-state index in [9.17, 15) is 4.39 Å². The molecular weight excluding hydrogens is 337 g/mol. The van der Waals surface area contributed by atoms with Crippen LogP contribution in [0.4, 0.5) is 4.39 Å². The smallest absolute Gasteiger partial charge is 0.136 e. The van der Waals surface area contributed by atoms with Gasteiger partial charge >= 0.3 is 0 Å². The van der Waals surface area contributed by atoms with Crippen molar-refractivity contribution in [1.82, 2.24) is 25.4 Å². The van der Waals surface area contributed by atoms with Crippen LogP contribution in [0, 0.1) is 12.7 Å². The molecule has 2 aromatic heterocycles. The van der Waals surface area contributed by atoms with Crippen molar-refractivity contribution in [2.75, 3.05) is 13.7 Å². The van der Waals surface area contributed by atoms with E-state index in [1.54, 1.807) is 18.3 Å². The third kappa shape index (κ3) is 2.96. The van der Waals surface area contributed by atoms with Gasteiger partial charge < -0.3 is 4.74 Å². The van der Waals surface area contributed by atoms with Crippen LogP contribution in [0.2, 0.25) is 0 Å². The van der Waals surface area contributed by atoms with Gasteiger partial charge in [0, 0.05) is 23.7 Å². The molecule has 4 rings (SSSR count). The number of methoxy groups -OCH3 is 1. The molecule has 1 saturated heterocycles. The lowest BCUT2D eigenvalue weighted by Crippen LogP contribution is -2.23. The van der Waals surface area contributed by atoms with Crippen molar-refractivity contribution < 1.29 is 13.8 Å². The van der Waals surface area contributed by atoms with Gasteiger partial charge in [-0.15, -0.1) is 0 Å². The normalized spacial score (nSPS) is 17.7. The standard InChI is InChI=1S/C18H20FN5O2/c1-11-17(23-26-22-11)16-4-3-7-24(16)10-12-9-20-21-18(12)14-6-5-13(25-2)8-15(14)19/h5-6,8-9,16H,3-4,7,10H2,1-2H3,(H,20,21)/t16-/m1/s1. The van der Waals surface area contributed by atoms with Crippen molar-refractivity contribution in [1.29, 1.82) is 0 Å². The van der Waals surface area contributed by atoms with Gasteiger partial charge in [0.2, 0.25) is 0 Å². The molecule has 0 saturated carbocycles. The Hall–Kier alpha value is -2.74. The zero-order chi connectivity index (χ0) is 18.1. The van der Waals surface area contributed by atoms with Crippen molar-refractivity contribution in [2.24, 2.45) is 0 Å². The number of halogens is 1. The molecule has 3 heterocycles. The number of likely N-dealkylation sites (tertiary alicyclic amines) is 1. The summed E-state index contributed by atoms with van der Waals surface area (Å²) in [5, 5.41) is 15.0. The first-order chi connectivity index (χ1) is 12.7. The Kier molecular flexibility index (Phi) is 4.42. The number of H-pyrrole nitrogens is 1. The second-order valence-corrected chi connectivity index (χ2v) is 6.48. The Morgan fingerprint density at radius 2 is 2.27 bits per heavy atom. The predicted molar refractivity (Wildman–Crippen MR) is 92.0 cm³/mol. The first-order valence-electron chi connectivity index (χ1n) is 8.56. The van der Waals surface area contributed by atoms with Crippen LogP contribution in [0.15, 0.2) is 29.0 Å². The quantitative estimate of drug-likeness (QED) is 0.755. The van der Waals surface area contributed by atoms with Crippen molar-refractivity contribution in [3.63, 3.8) is 0 Å². The Balaban J connectivity index is 1.60. The Bertz CT molecular complexity index is 907. The molecule has 26 heavy (non-hydrogen) atoms. The van der Waals surface area contributed by atoms with Crippen molar-refractivity contribution >= 4 is 0 Å². The molecular formula is C18H20FN5O2. The van der Waals surface area contributed by atoms with E-state index in [4.69, 9.17) is 9.37 Å². The second-order valence-electron chi connectivity index (χ2n) is 6.48. The van der Waals surface area contributed by atoms with E-state index in [0.29, 0.717) is 23.6 Å². The van der Waals surface area contributed by atoms with Crippen LogP contribution >= 0.6 is 0 Å². The third-order valence-corrected chi connectivity index (χ3v) is 4.90. The summed E-state index contributed by atoms with van der Waals surface area (Å²) in [6.45, 7) is 3.49. The largest absolute Gasteiger partial charge is 0.497 e. The number of aromatic nitrogens is 4. The molecule has 8 heteroatoms. The van der Waals surface area contributed by atoms with Crippen LogP contribution in [0.3, 0.4) is 0 Å². The summed E-state index contributed by atoms with van der Waals surface area (Å²) in [5.41, 5.74) is 3.80. The van der Waals surface area contributed by atoms with Crippen LogP contribution < -0.4 is 4.74 Å². The molecule has 0 aliphatic carbocycles. The van der Waals surface area contributed by atoms with Crippen LogP contribution in [0.5, 0.6) is 5.75 Å². The van der Waals surface area contributed by atoms with E-state index in [2.05, 4.69) is 25.4 Å². The van der Waals surface area contributed by atoms with Gasteiger partial charge in [0.05, 0.1) is 25.0 Å². The number of rotatable bonds is 5. The molecule has 0 amide bonds. The highest BCUT2D eigenvalue weighted by Gasteiger charge is 2.31. The van der Waals surface area contributed by atoms with Gasteiger partial charge in [0.15, 0.2) is 0 Å². The van der Waals surface area contributed by atoms with Crippen LogP contribution in [-0.4, -0.2) is 39.1 Å². The lowest BCUT2D eigenvalue weighted by atomic mass is 10.1. The van der Waals surface area contributed by atoms with E-state index in [1.807, 2.05) is 6.92 Å². The van der Waals surface area contributed by atoms with Gasteiger partial charge in [0.25, 0.3) is 0 Å². The van der Waals surface area contributed by atoms with E-state index < -0.39 is 0 Å². The first-order valence-corrected chi connectivity index (χ1v) is 8.56. The molecule has 0 unspecified atom stereocenters. The maximum atomic E-state index is 14.5. The molecule has 1 aromatic carbocycles. The van der Waals surface area contributed by atoms with Crippen LogP contribution in [-0.2, 0) is 6.54 Å². The number of hydrogen-bond acceptors (Lipinski definition) is 6. The summed E-state index contributed by atoms with van der Waals surface area (Å²) < 4.78 is 24.4. The molecule has 0 radical (unpaired) electrons. The van der Waals surface area contributed by atoms with E-state index in [0.717, 1.165) is 36.3 Å². The van der Waals surface area contributed by atoms with Gasteiger partial charge in [0.1, 0.15) is 23.0 Å². The Morgan fingerprint density at radius 1 is 1.38 bits per heavy atom. The molecule has 7 nitrogen and oxygen atoms in total. The molecule has 0 bridgehead atoms. The highest BCUT2D eigenvalue weighted by molar-refractivity contribution is 5.64. The summed E-state index contributed by atoms with van der Waals surface area (Å²) >= 11 is 0. The van der Waals surface area contributed by atoms with Crippen LogP contribution in [0.1, 0.15) is 35.8 Å². The lowest BCUT2D eigenvalue weighted by molar-refractivity contribution is 0.231. The Labute approximate surface area is 150 Å². The first kappa shape index (κ1) is 16.7. The lowest BCUT2D eigenvalue weighted by Gasteiger charge is -2.22. The SMILES string of the molecule is COc1ccc(-c2[nH]ncc2CN2CCC[C@@H]2c2nonc2C)c(F)c1. The summed E-state index contributed by atoms with van der Waals surface area (Å²) in [5.74, 6) is 0.144. The van der Waals surface area contributed by atoms with Crippen molar-refractivity contribution in [3.8, 4) is 17.0 Å². The average Bonchev–Trinajstić information content (AvgIpc) is 3.36. The van der Waals surface area contributed by atoms with Gasteiger partial charge in [-0.25, -0.2) is 9.02 Å². The number of aromatic amines is 1. The van der Waals surface area contributed by atoms with E-state index in [1.165, 1.54) is 13.2 Å². The van der Waals surface area contributed by atoms with Gasteiger partial charge in [-0.1, -0.05) is 10.3 Å². The number of hydrogen-bond donors (Lipinski definition) is 1. The highest BCUT2D eigenvalue weighted by Crippen LogP contribution is 2.35. The maximum Gasteiger partial charge on any atom is 0.136 e. The van der Waals surface area contributed by atoms with Crippen molar-refractivity contribution in [3.05, 3.63) is 47.2 Å². The van der Waals surface area contributed by atoms with Gasteiger partial charge in [-0.3, -0.25) is 10.00 Å². The summed E-state index contributed by atoms with van der Waals surface area (Å²) in [6.07, 6.45) is 3.82. The summed E-state index contributed by atoms with van der Waals surface area (Å²) in [6, 6.07) is 4.98. The fraction of sp³-hybridized carbons (Fsp3) is 0.389. The predicted octanol–water partition coefficient (Wildman–Crippen LogP) is 3.25. The topological polar surface area (TPSA) is 80.1 Å². The zero-order valence-corrected chi connectivity index (χ0v) is 14.7. The van der Waals surface area contributed by atoms with E-state index in [-0.39, 0.29) is 11.9 Å². The molecule has 1 fully saturated rings. The van der Waals surface area contributed by atoms with Gasteiger partial charge in [-0.2, -0.15) is 5.10 Å². The number of ether oxygens (including phenoxy) is 1. The molecule has 1 aliphatic heterocycles. The minimum atomic E-state index is -0.343. The number of nitrogens with one attached hydrogen (secondary N) is 1. The molecule has 136 valence electrons. The average molecular weight is 357 g/mol. The Morgan fingerprint density at radius 3 is 3.00 bits per heavy atom. The monoisotopic (exact) mass is 357 g/mol. The number of nitrogens with zero attached hydrogens (tertiary/aromatic N) is 4. The minimum Gasteiger partial charge on any atom is -0.497 e. The van der Waals surface area contributed by atoms with E-state index >= 15 is 0 Å². The summed E-state index contributed by atoms with van der Waals surface area (Å²) in [4.78, 5) is 2.31. The second kappa shape index (κ2) is 6.87. The van der Waals surface area contributed by atoms with Gasteiger partial charge in [-0.05, 0) is 38.4 Å². The van der Waals surface area contributed by atoms with Crippen LogP contribution in [0.25, 0.3) is 11.3 Å². The van der Waals surface area contributed by atoms with Crippen molar-refractivity contribution in [2.45, 2.75) is 32.4 Å². The molecule has 3 aromatic rings. The fourth-order valence-corrected chi connectivity index (χ4v) is 3.57. The highest BCUT2D eigenvalue weighted by atomic mass is 19.1. The maximum absolute atomic E-state index is 14.5. The minimum absolute atomic E-state index is 0.157. The third-order valence-electron chi connectivity index (χ3n) is 4.90. The fourth-order valence-electron chi connectivity index (χ4n) is 3.57. The number of aryl methyl sites for hydroxylation is 1.